The summed E-state index contributed by atoms with van der Waals surface area (Å²) in [5.74, 6) is -0.0522. The summed E-state index contributed by atoms with van der Waals surface area (Å²) in [6.45, 7) is 1.82. The summed E-state index contributed by atoms with van der Waals surface area (Å²) < 4.78 is 1.65. The normalized spacial score (nSPS) is 11.1. The highest BCUT2D eigenvalue weighted by Gasteiger charge is 2.16. The van der Waals surface area contributed by atoms with Crippen LogP contribution < -0.4 is 0 Å². The number of fused-ring (bicyclic) bond motifs is 3. The molecule has 17 heavy (non-hydrogen) atoms. The SMILES string of the molecule is Cc1nc(C=O)c(O)c2sc3cccnc3c12. The number of carbonyl (C=O) groups is 1. The number of carbonyl (C=O) groups excluding carboxylic acids is 1. The van der Waals surface area contributed by atoms with E-state index in [1.807, 2.05) is 19.1 Å². The molecule has 0 bridgehead atoms. The maximum absolute atomic E-state index is 10.8. The fourth-order valence-electron chi connectivity index (χ4n) is 1.92. The van der Waals surface area contributed by atoms with Crippen molar-refractivity contribution in [1.82, 2.24) is 9.97 Å². The van der Waals surface area contributed by atoms with Gasteiger partial charge in [-0.1, -0.05) is 0 Å². The van der Waals surface area contributed by atoms with Gasteiger partial charge in [-0.2, -0.15) is 0 Å². The number of pyridine rings is 2. The molecule has 0 saturated heterocycles. The Hall–Kier alpha value is -2.01. The third-order valence-corrected chi connectivity index (χ3v) is 3.82. The van der Waals surface area contributed by atoms with Crippen molar-refractivity contribution < 1.29 is 9.90 Å². The second kappa shape index (κ2) is 3.49. The Morgan fingerprint density at radius 1 is 1.47 bits per heavy atom. The van der Waals surface area contributed by atoms with Gasteiger partial charge < -0.3 is 5.11 Å². The Balaban J connectivity index is 2.60. The highest BCUT2D eigenvalue weighted by molar-refractivity contribution is 7.26. The lowest BCUT2D eigenvalue weighted by Crippen LogP contribution is -1.91. The van der Waals surface area contributed by atoms with Crippen molar-refractivity contribution in [2.45, 2.75) is 6.92 Å². The molecule has 0 radical (unpaired) electrons. The van der Waals surface area contributed by atoms with Crippen molar-refractivity contribution in [3.8, 4) is 5.75 Å². The summed E-state index contributed by atoms with van der Waals surface area (Å²) >= 11 is 1.42. The minimum Gasteiger partial charge on any atom is -0.504 e. The summed E-state index contributed by atoms with van der Waals surface area (Å²) in [7, 11) is 0. The van der Waals surface area contributed by atoms with Gasteiger partial charge >= 0.3 is 0 Å². The zero-order valence-corrected chi connectivity index (χ0v) is 9.78. The van der Waals surface area contributed by atoms with Crippen LogP contribution in [0, 0.1) is 6.92 Å². The zero-order valence-electron chi connectivity index (χ0n) is 8.97. The lowest BCUT2D eigenvalue weighted by atomic mass is 10.2. The van der Waals surface area contributed by atoms with E-state index in [4.69, 9.17) is 0 Å². The number of aromatic nitrogens is 2. The van der Waals surface area contributed by atoms with Gasteiger partial charge in [-0.25, -0.2) is 4.98 Å². The van der Waals surface area contributed by atoms with Gasteiger partial charge in [0.05, 0.1) is 14.9 Å². The topological polar surface area (TPSA) is 63.1 Å². The molecule has 3 aromatic heterocycles. The molecule has 0 aliphatic rings. The summed E-state index contributed by atoms with van der Waals surface area (Å²) in [6.07, 6.45) is 2.28. The summed E-state index contributed by atoms with van der Waals surface area (Å²) in [5, 5.41) is 10.8. The maximum atomic E-state index is 10.8. The molecule has 0 amide bonds. The van der Waals surface area contributed by atoms with Crippen LogP contribution in [0.1, 0.15) is 16.2 Å². The average Bonchev–Trinajstić information content (AvgIpc) is 2.73. The smallest absolute Gasteiger partial charge is 0.172 e. The number of nitrogens with zero attached hydrogens (tertiary/aromatic N) is 2. The number of aromatic hydroxyl groups is 1. The Kier molecular flexibility index (Phi) is 2.09. The van der Waals surface area contributed by atoms with E-state index in [9.17, 15) is 9.90 Å². The van der Waals surface area contributed by atoms with Crippen molar-refractivity contribution in [3.05, 3.63) is 29.7 Å². The van der Waals surface area contributed by atoms with Crippen LogP contribution in [-0.2, 0) is 0 Å². The molecule has 0 atom stereocenters. The molecule has 4 nitrogen and oxygen atoms in total. The third-order valence-electron chi connectivity index (χ3n) is 2.67. The summed E-state index contributed by atoms with van der Waals surface area (Å²) in [4.78, 5) is 19.2. The van der Waals surface area contributed by atoms with Crippen molar-refractivity contribution in [2.75, 3.05) is 0 Å². The molecule has 0 spiro atoms. The molecule has 0 aromatic carbocycles. The fourth-order valence-corrected chi connectivity index (χ4v) is 3.09. The van der Waals surface area contributed by atoms with Crippen LogP contribution in [0.2, 0.25) is 0 Å². The molecule has 3 aromatic rings. The van der Waals surface area contributed by atoms with Gasteiger partial charge in [0.25, 0.3) is 0 Å². The molecule has 3 heterocycles. The number of aldehydes is 1. The van der Waals surface area contributed by atoms with Gasteiger partial charge in [0, 0.05) is 17.3 Å². The minimum absolute atomic E-state index is 0.0522. The molecular weight excluding hydrogens is 236 g/mol. The largest absolute Gasteiger partial charge is 0.504 e. The minimum atomic E-state index is -0.0522. The van der Waals surface area contributed by atoms with E-state index >= 15 is 0 Å². The quantitative estimate of drug-likeness (QED) is 0.668. The third kappa shape index (κ3) is 1.32. The highest BCUT2D eigenvalue weighted by atomic mass is 32.1. The first-order valence-corrected chi connectivity index (χ1v) is 5.86. The van der Waals surface area contributed by atoms with Crippen LogP contribution in [0.4, 0.5) is 0 Å². The van der Waals surface area contributed by atoms with Gasteiger partial charge in [-0.3, -0.25) is 9.78 Å². The van der Waals surface area contributed by atoms with Crippen LogP contribution >= 0.6 is 11.3 Å². The number of aryl methyl sites for hydroxylation is 1. The van der Waals surface area contributed by atoms with E-state index < -0.39 is 0 Å². The lowest BCUT2D eigenvalue weighted by molar-refractivity contribution is 0.111. The van der Waals surface area contributed by atoms with Crippen LogP contribution in [0.15, 0.2) is 18.3 Å². The maximum Gasteiger partial charge on any atom is 0.172 e. The second-order valence-electron chi connectivity index (χ2n) is 3.71. The molecule has 0 saturated carbocycles. The number of hydrogen-bond donors (Lipinski definition) is 1. The monoisotopic (exact) mass is 244 g/mol. The molecule has 0 aliphatic heterocycles. The second-order valence-corrected chi connectivity index (χ2v) is 4.76. The lowest BCUT2D eigenvalue weighted by Gasteiger charge is -2.01. The summed E-state index contributed by atoms with van der Waals surface area (Å²) in [6, 6.07) is 3.78. The van der Waals surface area contributed by atoms with Gasteiger partial charge in [0.1, 0.15) is 5.69 Å². The first kappa shape index (κ1) is 10.2. The molecule has 0 fully saturated rings. The van der Waals surface area contributed by atoms with Crippen LogP contribution in [0.5, 0.6) is 5.75 Å². The molecule has 1 N–H and O–H groups in total. The van der Waals surface area contributed by atoms with E-state index in [1.165, 1.54) is 11.3 Å². The van der Waals surface area contributed by atoms with Gasteiger partial charge in [-0.15, -0.1) is 11.3 Å². The van der Waals surface area contributed by atoms with E-state index in [2.05, 4.69) is 9.97 Å². The van der Waals surface area contributed by atoms with Crippen LogP contribution in [0.3, 0.4) is 0 Å². The van der Waals surface area contributed by atoms with Crippen LogP contribution in [-0.4, -0.2) is 21.4 Å². The standard InChI is InChI=1S/C12H8N2O2S/c1-6-9-10-8(3-2-4-13-10)17-12(9)11(16)7(5-15)14-6/h2-5,16H,1H3. The number of thiophene rings is 1. The van der Waals surface area contributed by atoms with Crippen molar-refractivity contribution >= 4 is 37.9 Å². The predicted molar refractivity (Wildman–Crippen MR) is 66.7 cm³/mol. The first-order valence-electron chi connectivity index (χ1n) is 5.04. The Morgan fingerprint density at radius 3 is 3.06 bits per heavy atom. The predicted octanol–water partition coefficient (Wildman–Crippen LogP) is 2.67. The van der Waals surface area contributed by atoms with Crippen LogP contribution in [0.25, 0.3) is 20.3 Å². The van der Waals surface area contributed by atoms with Crippen molar-refractivity contribution in [1.29, 1.82) is 0 Å². The molecule has 5 heteroatoms. The highest BCUT2D eigenvalue weighted by Crippen LogP contribution is 2.39. The zero-order chi connectivity index (χ0) is 12.0. The average molecular weight is 244 g/mol. The molecular formula is C12H8N2O2S. The van der Waals surface area contributed by atoms with E-state index in [0.717, 1.165) is 15.6 Å². The van der Waals surface area contributed by atoms with Crippen molar-refractivity contribution in [3.63, 3.8) is 0 Å². The Morgan fingerprint density at radius 2 is 2.29 bits per heavy atom. The Labute approximate surface area is 101 Å². The van der Waals surface area contributed by atoms with Gasteiger partial charge in [-0.05, 0) is 19.1 Å². The molecule has 3 rings (SSSR count). The number of rotatable bonds is 1. The fraction of sp³-hybridized carbons (Fsp3) is 0.0833. The molecule has 0 unspecified atom stereocenters. The van der Waals surface area contributed by atoms with Gasteiger partial charge in [0.2, 0.25) is 0 Å². The first-order chi connectivity index (χ1) is 8.22. The Bertz CT molecular complexity index is 749. The van der Waals surface area contributed by atoms with E-state index in [1.54, 1.807) is 6.20 Å². The van der Waals surface area contributed by atoms with Gasteiger partial charge in [0.15, 0.2) is 12.0 Å². The molecule has 0 aliphatic carbocycles. The number of hydrogen-bond acceptors (Lipinski definition) is 5. The summed E-state index contributed by atoms with van der Waals surface area (Å²) in [5.41, 5.74) is 1.62. The van der Waals surface area contributed by atoms with E-state index in [-0.39, 0.29) is 11.4 Å². The molecule has 84 valence electrons. The van der Waals surface area contributed by atoms with Crippen molar-refractivity contribution in [2.24, 2.45) is 0 Å². The van der Waals surface area contributed by atoms with E-state index in [0.29, 0.717) is 16.7 Å².